The highest BCUT2D eigenvalue weighted by molar-refractivity contribution is 7.95. The lowest BCUT2D eigenvalue weighted by molar-refractivity contribution is 0.0847. The Kier molecular flexibility index (Phi) is 3.61. The van der Waals surface area contributed by atoms with Crippen LogP contribution < -0.4 is 4.74 Å². The molecule has 0 amide bonds. The highest BCUT2D eigenvalue weighted by atomic mass is 32.2. The van der Waals surface area contributed by atoms with Crippen molar-refractivity contribution in [1.29, 1.82) is 5.26 Å². The molecule has 0 bridgehead atoms. The summed E-state index contributed by atoms with van der Waals surface area (Å²) in [6.07, 6.45) is 4.22. The summed E-state index contributed by atoms with van der Waals surface area (Å²) in [7, 11) is -3.48. The zero-order chi connectivity index (χ0) is 15.0. The average molecular weight is 291 g/mol. The monoisotopic (exact) mass is 291 g/mol. The van der Waals surface area contributed by atoms with Crippen molar-refractivity contribution in [2.75, 3.05) is 6.26 Å². The summed E-state index contributed by atoms with van der Waals surface area (Å²) in [6, 6.07) is 7.21. The van der Waals surface area contributed by atoms with Crippen molar-refractivity contribution in [3.8, 4) is 11.8 Å². The summed E-state index contributed by atoms with van der Waals surface area (Å²) in [4.78, 5) is -0.227. The number of hydrogen-bond donors (Lipinski definition) is 0. The maximum atomic E-state index is 11.4. The number of nitriles is 1. The van der Waals surface area contributed by atoms with E-state index >= 15 is 0 Å². The molecule has 2 rings (SSSR count). The molecule has 1 aromatic rings. The number of rotatable bonds is 2. The maximum Gasteiger partial charge on any atom is 0.185 e. The van der Waals surface area contributed by atoms with Crippen molar-refractivity contribution in [2.24, 2.45) is 0 Å². The molecule has 0 atom stereocenters. The van der Waals surface area contributed by atoms with Gasteiger partial charge in [-0.05, 0) is 56.0 Å². The molecule has 0 aliphatic carbocycles. The van der Waals surface area contributed by atoms with Crippen LogP contribution >= 0.6 is 0 Å². The molecule has 1 heterocycles. The Hall–Kier alpha value is -1.80. The minimum Gasteiger partial charge on any atom is -0.488 e. The standard InChI is InChI=1S/C15H17NO3S/c1-15(2)7-6-12-8-11(4-5-14(12)19-15)9-13(10-16)20(3,17)18/h4-5,8-9H,6-7H2,1-3H3. The van der Waals surface area contributed by atoms with E-state index in [4.69, 9.17) is 10.00 Å². The summed E-state index contributed by atoms with van der Waals surface area (Å²) < 4.78 is 28.7. The van der Waals surface area contributed by atoms with Gasteiger partial charge in [0, 0.05) is 6.26 Å². The van der Waals surface area contributed by atoms with E-state index in [0.29, 0.717) is 5.56 Å². The molecule has 1 aromatic carbocycles. The Labute approximate surface area is 119 Å². The average Bonchev–Trinajstić information content (AvgIpc) is 2.33. The second-order valence-electron chi connectivity index (χ2n) is 5.62. The van der Waals surface area contributed by atoms with Crippen LogP contribution in [-0.2, 0) is 16.3 Å². The van der Waals surface area contributed by atoms with E-state index < -0.39 is 9.84 Å². The van der Waals surface area contributed by atoms with Gasteiger partial charge in [0.1, 0.15) is 22.3 Å². The van der Waals surface area contributed by atoms with Crippen LogP contribution in [-0.4, -0.2) is 20.3 Å². The van der Waals surface area contributed by atoms with Crippen LogP contribution in [0.3, 0.4) is 0 Å². The molecule has 0 saturated heterocycles. The van der Waals surface area contributed by atoms with Crippen molar-refractivity contribution < 1.29 is 13.2 Å². The SMILES string of the molecule is CC1(C)CCc2cc(C=C(C#N)S(C)(=O)=O)ccc2O1. The molecule has 0 spiro atoms. The van der Waals surface area contributed by atoms with E-state index in [0.717, 1.165) is 30.4 Å². The number of aryl methyl sites for hydroxylation is 1. The Morgan fingerprint density at radius 2 is 2.15 bits per heavy atom. The van der Waals surface area contributed by atoms with Crippen LogP contribution in [0.5, 0.6) is 5.75 Å². The first-order valence-electron chi connectivity index (χ1n) is 6.35. The van der Waals surface area contributed by atoms with Gasteiger partial charge in [-0.15, -0.1) is 0 Å². The number of sulfone groups is 1. The topological polar surface area (TPSA) is 67.2 Å². The van der Waals surface area contributed by atoms with Gasteiger partial charge in [-0.25, -0.2) is 8.42 Å². The van der Waals surface area contributed by atoms with E-state index in [1.807, 2.05) is 26.0 Å². The summed E-state index contributed by atoms with van der Waals surface area (Å²) in [5, 5.41) is 8.91. The van der Waals surface area contributed by atoms with Crippen LogP contribution in [0.4, 0.5) is 0 Å². The van der Waals surface area contributed by atoms with Gasteiger partial charge in [0.15, 0.2) is 9.84 Å². The Bertz CT molecular complexity index is 709. The summed E-state index contributed by atoms with van der Waals surface area (Å²) >= 11 is 0. The van der Waals surface area contributed by atoms with Crippen LogP contribution in [0, 0.1) is 11.3 Å². The third-order valence-electron chi connectivity index (χ3n) is 3.27. The van der Waals surface area contributed by atoms with Crippen molar-refractivity contribution in [1.82, 2.24) is 0 Å². The first-order chi connectivity index (χ1) is 9.21. The van der Waals surface area contributed by atoms with Crippen LogP contribution in [0.15, 0.2) is 23.1 Å². The number of ether oxygens (including phenoxy) is 1. The molecule has 1 aliphatic rings. The molecule has 20 heavy (non-hydrogen) atoms. The van der Waals surface area contributed by atoms with E-state index in [-0.39, 0.29) is 10.5 Å². The molecule has 106 valence electrons. The zero-order valence-corrected chi connectivity index (χ0v) is 12.6. The highest BCUT2D eigenvalue weighted by Gasteiger charge is 2.26. The van der Waals surface area contributed by atoms with E-state index in [9.17, 15) is 8.42 Å². The lowest BCUT2D eigenvalue weighted by Gasteiger charge is -2.32. The molecular formula is C15H17NO3S. The fourth-order valence-electron chi connectivity index (χ4n) is 2.14. The molecule has 0 saturated carbocycles. The van der Waals surface area contributed by atoms with Crippen molar-refractivity contribution >= 4 is 15.9 Å². The number of benzene rings is 1. The van der Waals surface area contributed by atoms with Gasteiger partial charge in [0.2, 0.25) is 0 Å². The molecule has 0 radical (unpaired) electrons. The molecule has 1 aliphatic heterocycles. The minimum atomic E-state index is -3.48. The fraction of sp³-hybridized carbons (Fsp3) is 0.400. The van der Waals surface area contributed by atoms with E-state index in [2.05, 4.69) is 0 Å². The van der Waals surface area contributed by atoms with Gasteiger partial charge in [-0.2, -0.15) is 5.26 Å². The van der Waals surface area contributed by atoms with Gasteiger partial charge in [0.05, 0.1) is 0 Å². The third-order valence-corrected chi connectivity index (χ3v) is 4.28. The minimum absolute atomic E-state index is 0.172. The third kappa shape index (κ3) is 3.20. The number of hydrogen-bond acceptors (Lipinski definition) is 4. The van der Waals surface area contributed by atoms with Gasteiger partial charge < -0.3 is 4.74 Å². The summed E-state index contributed by atoms with van der Waals surface area (Å²) in [5.74, 6) is 0.830. The summed E-state index contributed by atoms with van der Waals surface area (Å²) in [6.45, 7) is 4.09. The molecule has 0 fully saturated rings. The lowest BCUT2D eigenvalue weighted by Crippen LogP contribution is -2.32. The molecule has 0 aromatic heterocycles. The Morgan fingerprint density at radius 3 is 2.75 bits per heavy atom. The predicted octanol–water partition coefficient (Wildman–Crippen LogP) is 2.70. The predicted molar refractivity (Wildman–Crippen MR) is 77.9 cm³/mol. The quantitative estimate of drug-likeness (QED) is 0.786. The first kappa shape index (κ1) is 14.6. The molecular weight excluding hydrogens is 274 g/mol. The zero-order valence-electron chi connectivity index (χ0n) is 11.8. The second-order valence-corrected chi connectivity index (χ2v) is 7.61. The molecule has 0 unspecified atom stereocenters. The van der Waals surface area contributed by atoms with Crippen molar-refractivity contribution in [3.63, 3.8) is 0 Å². The van der Waals surface area contributed by atoms with E-state index in [1.54, 1.807) is 12.1 Å². The van der Waals surface area contributed by atoms with Crippen LogP contribution in [0.1, 0.15) is 31.4 Å². The number of allylic oxidation sites excluding steroid dienone is 1. The number of nitrogens with zero attached hydrogens (tertiary/aromatic N) is 1. The Morgan fingerprint density at radius 1 is 1.45 bits per heavy atom. The van der Waals surface area contributed by atoms with Gasteiger partial charge in [-0.1, -0.05) is 6.07 Å². The lowest BCUT2D eigenvalue weighted by atomic mass is 9.93. The van der Waals surface area contributed by atoms with Crippen LogP contribution in [0.25, 0.3) is 6.08 Å². The largest absolute Gasteiger partial charge is 0.488 e. The van der Waals surface area contributed by atoms with Crippen LogP contribution in [0.2, 0.25) is 0 Å². The molecule has 4 nitrogen and oxygen atoms in total. The van der Waals surface area contributed by atoms with Gasteiger partial charge in [-0.3, -0.25) is 0 Å². The van der Waals surface area contributed by atoms with E-state index in [1.165, 1.54) is 6.08 Å². The first-order valence-corrected chi connectivity index (χ1v) is 8.24. The Balaban J connectivity index is 2.39. The number of fused-ring (bicyclic) bond motifs is 1. The van der Waals surface area contributed by atoms with Gasteiger partial charge in [0.25, 0.3) is 0 Å². The highest BCUT2D eigenvalue weighted by Crippen LogP contribution is 2.33. The van der Waals surface area contributed by atoms with Crippen molar-refractivity contribution in [3.05, 3.63) is 34.2 Å². The molecule has 5 heteroatoms. The van der Waals surface area contributed by atoms with Crippen molar-refractivity contribution in [2.45, 2.75) is 32.3 Å². The smallest absolute Gasteiger partial charge is 0.185 e. The normalized spacial score (nSPS) is 17.8. The van der Waals surface area contributed by atoms with Gasteiger partial charge >= 0.3 is 0 Å². The maximum absolute atomic E-state index is 11.4. The fourth-order valence-corrected chi connectivity index (χ4v) is 2.66. The second kappa shape index (κ2) is 4.95. The summed E-state index contributed by atoms with van der Waals surface area (Å²) in [5.41, 5.74) is 1.58. The molecule has 0 N–H and O–H groups in total.